The molecule has 4 rings (SSSR count). The maximum Gasteiger partial charge on any atom is 0.291 e. The van der Waals surface area contributed by atoms with Gasteiger partial charge >= 0.3 is 0 Å². The molecule has 1 saturated heterocycles. The van der Waals surface area contributed by atoms with Gasteiger partial charge in [-0.05, 0) is 73.9 Å². The van der Waals surface area contributed by atoms with Crippen LogP contribution in [-0.4, -0.2) is 40.3 Å². The fourth-order valence-electron chi connectivity index (χ4n) is 3.55. The van der Waals surface area contributed by atoms with Gasteiger partial charge in [-0.25, -0.2) is 0 Å². The molecule has 1 atom stereocenters. The zero-order valence-electron chi connectivity index (χ0n) is 18.7. The number of aryl methyl sites for hydroxylation is 3. The average molecular weight is 464 g/mol. The van der Waals surface area contributed by atoms with Crippen molar-refractivity contribution in [2.75, 3.05) is 22.3 Å². The number of nitrogens with zero attached hydrogens (tertiary/aromatic N) is 1. The average Bonchev–Trinajstić information content (AvgIpc) is 3.49. The van der Waals surface area contributed by atoms with Crippen LogP contribution in [0.2, 0.25) is 0 Å². The van der Waals surface area contributed by atoms with E-state index in [1.807, 2.05) is 39.0 Å². The SMILES string of the molecule is Cc1ccc(NC(=O)C2CSCN2C(=O)c2ccc(C)c(NC(=O)c3ccco3)c2)cc1C. The number of benzene rings is 2. The Morgan fingerprint density at radius 3 is 2.48 bits per heavy atom. The Morgan fingerprint density at radius 1 is 0.970 bits per heavy atom. The molecule has 2 heterocycles. The van der Waals surface area contributed by atoms with E-state index in [2.05, 4.69) is 10.6 Å². The molecular formula is C25H25N3O4S. The minimum atomic E-state index is -0.577. The highest BCUT2D eigenvalue weighted by Crippen LogP contribution is 2.27. The number of amides is 3. The first-order valence-electron chi connectivity index (χ1n) is 10.6. The Bertz CT molecular complexity index is 1210. The van der Waals surface area contributed by atoms with Gasteiger partial charge in [-0.1, -0.05) is 12.1 Å². The molecule has 7 nitrogen and oxygen atoms in total. The van der Waals surface area contributed by atoms with E-state index in [9.17, 15) is 14.4 Å². The van der Waals surface area contributed by atoms with Crippen molar-refractivity contribution in [3.8, 4) is 0 Å². The zero-order valence-corrected chi connectivity index (χ0v) is 19.5. The first-order valence-corrected chi connectivity index (χ1v) is 11.7. The summed E-state index contributed by atoms with van der Waals surface area (Å²) in [5.74, 6) is 0.270. The van der Waals surface area contributed by atoms with E-state index in [-0.39, 0.29) is 17.6 Å². The van der Waals surface area contributed by atoms with Crippen LogP contribution in [0.4, 0.5) is 11.4 Å². The van der Waals surface area contributed by atoms with Crippen molar-refractivity contribution in [2.45, 2.75) is 26.8 Å². The molecule has 3 amide bonds. The minimum absolute atomic E-state index is 0.185. The summed E-state index contributed by atoms with van der Waals surface area (Å²) in [4.78, 5) is 40.2. The van der Waals surface area contributed by atoms with Gasteiger partial charge in [0.15, 0.2) is 5.76 Å². The molecule has 2 aromatic carbocycles. The zero-order chi connectivity index (χ0) is 23.5. The van der Waals surface area contributed by atoms with E-state index in [0.29, 0.717) is 28.6 Å². The Hall–Kier alpha value is -3.52. The molecule has 1 fully saturated rings. The van der Waals surface area contributed by atoms with Gasteiger partial charge in [0.25, 0.3) is 11.8 Å². The lowest BCUT2D eigenvalue weighted by Gasteiger charge is -2.23. The van der Waals surface area contributed by atoms with E-state index in [4.69, 9.17) is 4.42 Å². The molecule has 3 aromatic rings. The smallest absolute Gasteiger partial charge is 0.291 e. The normalized spacial score (nSPS) is 15.4. The summed E-state index contributed by atoms with van der Waals surface area (Å²) in [6, 6.07) is 13.5. The highest BCUT2D eigenvalue weighted by Gasteiger charge is 2.35. The molecule has 0 aliphatic carbocycles. The predicted molar refractivity (Wildman–Crippen MR) is 130 cm³/mol. The second-order valence-corrected chi connectivity index (χ2v) is 9.04. The predicted octanol–water partition coefficient (Wildman–Crippen LogP) is 4.61. The first kappa shape index (κ1) is 22.7. The van der Waals surface area contributed by atoms with Gasteiger partial charge in [0.2, 0.25) is 5.91 Å². The summed E-state index contributed by atoms with van der Waals surface area (Å²) in [5.41, 5.74) is 4.69. The Morgan fingerprint density at radius 2 is 1.76 bits per heavy atom. The third kappa shape index (κ3) is 4.96. The lowest BCUT2D eigenvalue weighted by Crippen LogP contribution is -2.44. The van der Waals surface area contributed by atoms with Crippen LogP contribution < -0.4 is 10.6 Å². The molecule has 0 bridgehead atoms. The topological polar surface area (TPSA) is 91.7 Å². The van der Waals surface area contributed by atoms with Gasteiger partial charge in [0.05, 0.1) is 12.1 Å². The molecule has 33 heavy (non-hydrogen) atoms. The van der Waals surface area contributed by atoms with Gasteiger partial charge in [-0.15, -0.1) is 11.8 Å². The summed E-state index contributed by atoms with van der Waals surface area (Å²) in [7, 11) is 0. The molecule has 0 radical (unpaired) electrons. The van der Waals surface area contributed by atoms with Crippen molar-refractivity contribution in [1.82, 2.24) is 4.90 Å². The van der Waals surface area contributed by atoms with Crippen molar-refractivity contribution in [1.29, 1.82) is 0 Å². The van der Waals surface area contributed by atoms with Crippen molar-refractivity contribution in [3.05, 3.63) is 82.8 Å². The molecule has 2 N–H and O–H groups in total. The van der Waals surface area contributed by atoms with E-state index in [0.717, 1.165) is 16.7 Å². The number of hydrogen-bond acceptors (Lipinski definition) is 5. The Balaban J connectivity index is 1.50. The van der Waals surface area contributed by atoms with Crippen LogP contribution in [-0.2, 0) is 4.79 Å². The maximum absolute atomic E-state index is 13.3. The number of rotatable bonds is 5. The summed E-state index contributed by atoms with van der Waals surface area (Å²) in [5, 5.41) is 5.72. The molecule has 1 aliphatic rings. The fourth-order valence-corrected chi connectivity index (χ4v) is 4.71. The number of hydrogen-bond donors (Lipinski definition) is 2. The number of thioether (sulfide) groups is 1. The molecule has 8 heteroatoms. The van der Waals surface area contributed by atoms with Gasteiger partial charge in [0.1, 0.15) is 6.04 Å². The number of carbonyl (C=O) groups excluding carboxylic acids is 3. The number of carbonyl (C=O) groups is 3. The van der Waals surface area contributed by atoms with Crippen molar-refractivity contribution in [3.63, 3.8) is 0 Å². The van der Waals surface area contributed by atoms with Crippen LogP contribution in [0.1, 0.15) is 37.6 Å². The van der Waals surface area contributed by atoms with Crippen LogP contribution in [0, 0.1) is 20.8 Å². The standard InChI is InChI=1S/C25H25N3O4S/c1-15-7-9-19(11-17(15)3)26-23(29)21-13-33-14-28(21)25(31)18-8-6-16(2)20(12-18)27-24(30)22-5-4-10-32-22/h4-12,21H,13-14H2,1-3H3,(H,26,29)(H,27,30). The summed E-state index contributed by atoms with van der Waals surface area (Å²) < 4.78 is 5.14. The summed E-state index contributed by atoms with van der Waals surface area (Å²) in [6.45, 7) is 5.85. The Labute approximate surface area is 196 Å². The van der Waals surface area contributed by atoms with E-state index >= 15 is 0 Å². The second kappa shape index (κ2) is 9.54. The van der Waals surface area contributed by atoms with Crippen molar-refractivity contribution in [2.24, 2.45) is 0 Å². The largest absolute Gasteiger partial charge is 0.459 e. The van der Waals surface area contributed by atoms with Crippen LogP contribution >= 0.6 is 11.8 Å². The maximum atomic E-state index is 13.3. The van der Waals surface area contributed by atoms with Gasteiger partial charge in [0, 0.05) is 22.7 Å². The van der Waals surface area contributed by atoms with Crippen molar-refractivity contribution < 1.29 is 18.8 Å². The van der Waals surface area contributed by atoms with Crippen LogP contribution in [0.25, 0.3) is 0 Å². The van der Waals surface area contributed by atoms with E-state index in [1.54, 1.807) is 35.2 Å². The van der Waals surface area contributed by atoms with Crippen LogP contribution in [0.3, 0.4) is 0 Å². The number of nitrogens with one attached hydrogen (secondary N) is 2. The summed E-state index contributed by atoms with van der Waals surface area (Å²) in [6.07, 6.45) is 1.43. The van der Waals surface area contributed by atoms with Gasteiger partial charge in [-0.2, -0.15) is 0 Å². The molecular weight excluding hydrogens is 438 g/mol. The second-order valence-electron chi connectivity index (χ2n) is 8.04. The van der Waals surface area contributed by atoms with Crippen LogP contribution in [0.5, 0.6) is 0 Å². The minimum Gasteiger partial charge on any atom is -0.459 e. The molecule has 1 aliphatic heterocycles. The third-order valence-corrected chi connectivity index (χ3v) is 6.71. The molecule has 170 valence electrons. The Kier molecular flexibility index (Phi) is 6.55. The first-order chi connectivity index (χ1) is 15.8. The number of furan rings is 1. The number of anilines is 2. The van der Waals surface area contributed by atoms with Gasteiger partial charge < -0.3 is 20.0 Å². The fraction of sp³-hybridized carbons (Fsp3) is 0.240. The lowest BCUT2D eigenvalue weighted by molar-refractivity contribution is -0.119. The highest BCUT2D eigenvalue weighted by molar-refractivity contribution is 7.99. The van der Waals surface area contributed by atoms with E-state index in [1.165, 1.54) is 18.0 Å². The monoisotopic (exact) mass is 463 g/mol. The molecule has 1 unspecified atom stereocenters. The van der Waals surface area contributed by atoms with Crippen molar-refractivity contribution >= 4 is 40.9 Å². The van der Waals surface area contributed by atoms with E-state index < -0.39 is 11.9 Å². The summed E-state index contributed by atoms with van der Waals surface area (Å²) >= 11 is 1.54. The third-order valence-electron chi connectivity index (χ3n) is 5.70. The molecule has 1 aromatic heterocycles. The molecule has 0 spiro atoms. The van der Waals surface area contributed by atoms with Crippen LogP contribution in [0.15, 0.2) is 59.2 Å². The lowest BCUT2D eigenvalue weighted by atomic mass is 10.1. The highest BCUT2D eigenvalue weighted by atomic mass is 32.2. The quantitative estimate of drug-likeness (QED) is 0.577. The molecule has 0 saturated carbocycles. The van der Waals surface area contributed by atoms with Gasteiger partial charge in [-0.3, -0.25) is 14.4 Å².